The number of rotatable bonds is 9. The second kappa shape index (κ2) is 18.1. The number of benzene rings is 2. The van der Waals surface area contributed by atoms with Gasteiger partial charge >= 0.3 is 5.97 Å². The molecule has 0 radical (unpaired) electrons. The SMILES string of the molecule is CC.CC.COC(=O)CN(CC(=O)N(c1ccccc1)C1CCN(CCc2ccccc2)CC1)C(C)=O. The number of hydrogen-bond acceptors (Lipinski definition) is 5. The molecule has 7 nitrogen and oxygen atoms in total. The fourth-order valence-electron chi connectivity index (χ4n) is 4.22. The maximum Gasteiger partial charge on any atom is 0.325 e. The van der Waals surface area contributed by atoms with Crippen molar-refractivity contribution in [3.63, 3.8) is 0 Å². The summed E-state index contributed by atoms with van der Waals surface area (Å²) in [6, 6.07) is 20.1. The van der Waals surface area contributed by atoms with Gasteiger partial charge in [0.1, 0.15) is 13.1 Å². The van der Waals surface area contributed by atoms with E-state index in [1.165, 1.54) is 24.5 Å². The Morgan fingerprint density at radius 1 is 0.865 bits per heavy atom. The number of nitrogens with zero attached hydrogens (tertiary/aromatic N) is 3. The van der Waals surface area contributed by atoms with E-state index in [0.29, 0.717) is 0 Å². The number of likely N-dealkylation sites (tertiary alicyclic amines) is 1. The first kappa shape index (κ1) is 31.8. The van der Waals surface area contributed by atoms with E-state index in [2.05, 4.69) is 33.9 Å². The third-order valence-corrected chi connectivity index (χ3v) is 6.10. The standard InChI is InChI=1S/C26H33N3O4.2C2H6/c1-21(30)28(20-26(32)33-2)19-25(31)29(23-11-7-4-8-12-23)24-14-17-27(18-15-24)16-13-22-9-5-3-6-10-22;2*1-2/h3-12,24H,13-20H2,1-2H3;2*1-2H3. The zero-order chi connectivity index (χ0) is 27.6. The van der Waals surface area contributed by atoms with E-state index >= 15 is 0 Å². The summed E-state index contributed by atoms with van der Waals surface area (Å²) in [7, 11) is 1.27. The number of piperidine rings is 1. The van der Waals surface area contributed by atoms with Gasteiger partial charge in [-0.3, -0.25) is 14.4 Å². The van der Waals surface area contributed by atoms with Crippen LogP contribution in [0.25, 0.3) is 0 Å². The molecule has 204 valence electrons. The van der Waals surface area contributed by atoms with Crippen LogP contribution in [0.2, 0.25) is 0 Å². The maximum absolute atomic E-state index is 13.4. The highest BCUT2D eigenvalue weighted by Gasteiger charge is 2.30. The first-order valence-corrected chi connectivity index (χ1v) is 13.4. The van der Waals surface area contributed by atoms with Crippen LogP contribution in [0, 0.1) is 0 Å². The average Bonchev–Trinajstić information content (AvgIpc) is 2.95. The molecular formula is C30H45N3O4. The largest absolute Gasteiger partial charge is 0.468 e. The molecule has 7 heteroatoms. The smallest absolute Gasteiger partial charge is 0.325 e. The Hall–Kier alpha value is -3.19. The van der Waals surface area contributed by atoms with E-state index in [0.717, 1.165) is 44.6 Å². The number of ether oxygens (including phenoxy) is 1. The second-order valence-corrected chi connectivity index (χ2v) is 8.36. The summed E-state index contributed by atoms with van der Waals surface area (Å²) in [5.41, 5.74) is 2.14. The van der Waals surface area contributed by atoms with Crippen LogP contribution in [0.5, 0.6) is 0 Å². The lowest BCUT2D eigenvalue weighted by molar-refractivity contribution is -0.147. The molecule has 0 saturated carbocycles. The number of para-hydroxylation sites is 1. The monoisotopic (exact) mass is 511 g/mol. The number of esters is 1. The summed E-state index contributed by atoms with van der Waals surface area (Å²) in [4.78, 5) is 42.6. The van der Waals surface area contributed by atoms with E-state index in [-0.39, 0.29) is 30.9 Å². The van der Waals surface area contributed by atoms with E-state index in [1.807, 2.05) is 69.0 Å². The zero-order valence-electron chi connectivity index (χ0n) is 23.5. The molecule has 0 N–H and O–H groups in total. The van der Waals surface area contributed by atoms with Gasteiger partial charge in [-0.2, -0.15) is 0 Å². The van der Waals surface area contributed by atoms with Gasteiger partial charge in [-0.1, -0.05) is 76.2 Å². The number of carbonyl (C=O) groups excluding carboxylic acids is 3. The van der Waals surface area contributed by atoms with Gasteiger partial charge < -0.3 is 19.4 Å². The van der Waals surface area contributed by atoms with Gasteiger partial charge in [0.2, 0.25) is 11.8 Å². The normalized spacial score (nSPS) is 13.2. The van der Waals surface area contributed by atoms with Gasteiger partial charge in [0.25, 0.3) is 0 Å². The number of anilines is 1. The number of carbonyl (C=O) groups is 3. The van der Waals surface area contributed by atoms with E-state index in [9.17, 15) is 14.4 Å². The van der Waals surface area contributed by atoms with Crippen molar-refractivity contribution in [2.45, 2.75) is 59.9 Å². The zero-order valence-corrected chi connectivity index (χ0v) is 23.5. The van der Waals surface area contributed by atoms with Crippen LogP contribution in [0.4, 0.5) is 5.69 Å². The molecule has 0 atom stereocenters. The Kier molecular flexibility index (Phi) is 15.6. The van der Waals surface area contributed by atoms with Crippen LogP contribution >= 0.6 is 0 Å². The number of methoxy groups -OCH3 is 1. The molecule has 0 unspecified atom stereocenters. The summed E-state index contributed by atoms with van der Waals surface area (Å²) in [5.74, 6) is -1.07. The minimum atomic E-state index is -0.545. The summed E-state index contributed by atoms with van der Waals surface area (Å²) in [5, 5.41) is 0. The molecule has 2 aromatic carbocycles. The van der Waals surface area contributed by atoms with Crippen molar-refractivity contribution in [3.05, 3.63) is 66.2 Å². The Balaban J connectivity index is 0.00000163. The van der Waals surface area contributed by atoms with Gasteiger partial charge in [0, 0.05) is 38.3 Å². The van der Waals surface area contributed by atoms with Crippen molar-refractivity contribution in [2.24, 2.45) is 0 Å². The van der Waals surface area contributed by atoms with Crippen molar-refractivity contribution in [2.75, 3.05) is 44.7 Å². The second-order valence-electron chi connectivity index (χ2n) is 8.36. The van der Waals surface area contributed by atoms with Crippen LogP contribution in [-0.2, 0) is 25.5 Å². The first-order chi connectivity index (χ1) is 18.0. The minimum absolute atomic E-state index is 0.0415. The summed E-state index contributed by atoms with van der Waals surface area (Å²) in [6.45, 7) is 11.8. The van der Waals surface area contributed by atoms with Gasteiger partial charge in [0.15, 0.2) is 0 Å². The third-order valence-electron chi connectivity index (χ3n) is 6.10. The van der Waals surface area contributed by atoms with Crippen molar-refractivity contribution in [3.8, 4) is 0 Å². The van der Waals surface area contributed by atoms with Crippen LogP contribution in [-0.4, -0.2) is 73.5 Å². The highest BCUT2D eigenvalue weighted by atomic mass is 16.5. The Labute approximate surface area is 223 Å². The van der Waals surface area contributed by atoms with Crippen LogP contribution in [0.3, 0.4) is 0 Å². The number of hydrogen-bond donors (Lipinski definition) is 0. The predicted octanol–water partition coefficient (Wildman–Crippen LogP) is 4.80. The molecule has 0 aromatic heterocycles. The Bertz CT molecular complexity index is 913. The van der Waals surface area contributed by atoms with Gasteiger partial charge in [0.05, 0.1) is 7.11 Å². The van der Waals surface area contributed by atoms with Crippen molar-refractivity contribution in [1.82, 2.24) is 9.80 Å². The molecule has 3 rings (SSSR count). The lowest BCUT2D eigenvalue weighted by atomic mass is 10.0. The molecule has 1 aliphatic heterocycles. The van der Waals surface area contributed by atoms with Gasteiger partial charge in [-0.15, -0.1) is 0 Å². The molecule has 0 spiro atoms. The molecule has 2 aromatic rings. The maximum atomic E-state index is 13.4. The molecule has 0 aliphatic carbocycles. The van der Waals surface area contributed by atoms with Crippen LogP contribution in [0.15, 0.2) is 60.7 Å². The van der Waals surface area contributed by atoms with Crippen LogP contribution < -0.4 is 4.90 Å². The lowest BCUT2D eigenvalue weighted by Gasteiger charge is -2.39. The highest BCUT2D eigenvalue weighted by Crippen LogP contribution is 2.24. The molecule has 1 saturated heterocycles. The first-order valence-electron chi connectivity index (χ1n) is 13.4. The molecular weight excluding hydrogens is 466 g/mol. The molecule has 1 heterocycles. The van der Waals surface area contributed by atoms with E-state index in [1.54, 1.807) is 0 Å². The molecule has 1 aliphatic rings. The lowest BCUT2D eigenvalue weighted by Crippen LogP contribution is -2.51. The van der Waals surface area contributed by atoms with Crippen LogP contribution in [0.1, 0.15) is 53.0 Å². The molecule has 37 heavy (non-hydrogen) atoms. The van der Waals surface area contributed by atoms with Gasteiger partial charge in [-0.05, 0) is 37.0 Å². The minimum Gasteiger partial charge on any atom is -0.468 e. The van der Waals surface area contributed by atoms with Crippen molar-refractivity contribution >= 4 is 23.5 Å². The fourth-order valence-corrected chi connectivity index (χ4v) is 4.22. The topological polar surface area (TPSA) is 70.2 Å². The third kappa shape index (κ3) is 10.8. The molecule has 2 amide bonds. The summed E-state index contributed by atoms with van der Waals surface area (Å²) < 4.78 is 4.68. The highest BCUT2D eigenvalue weighted by molar-refractivity contribution is 5.97. The summed E-state index contributed by atoms with van der Waals surface area (Å²) in [6.07, 6.45) is 2.72. The average molecular weight is 512 g/mol. The van der Waals surface area contributed by atoms with E-state index in [4.69, 9.17) is 0 Å². The number of amides is 2. The fraction of sp³-hybridized carbons (Fsp3) is 0.500. The van der Waals surface area contributed by atoms with Crippen molar-refractivity contribution < 1.29 is 19.1 Å². The molecule has 0 bridgehead atoms. The molecule has 1 fully saturated rings. The predicted molar refractivity (Wildman–Crippen MR) is 151 cm³/mol. The Morgan fingerprint density at radius 2 is 1.41 bits per heavy atom. The van der Waals surface area contributed by atoms with Crippen molar-refractivity contribution in [1.29, 1.82) is 0 Å². The quantitative estimate of drug-likeness (QED) is 0.452. The Morgan fingerprint density at radius 3 is 1.92 bits per heavy atom. The van der Waals surface area contributed by atoms with Gasteiger partial charge in [-0.25, -0.2) is 0 Å². The van der Waals surface area contributed by atoms with E-state index < -0.39 is 5.97 Å². The summed E-state index contributed by atoms with van der Waals surface area (Å²) >= 11 is 0.